The van der Waals surface area contributed by atoms with Crippen LogP contribution in [0.3, 0.4) is 0 Å². The number of likely N-dealkylation sites (tertiary alicyclic amines) is 1. The maximum atomic E-state index is 13.2. The maximum Gasteiger partial charge on any atom is 0.250 e. The van der Waals surface area contributed by atoms with Crippen LogP contribution in [0.4, 0.5) is 8.78 Å². The molecule has 0 aromatic rings. The fourth-order valence-electron chi connectivity index (χ4n) is 4.02. The van der Waals surface area contributed by atoms with Crippen LogP contribution in [0.1, 0.15) is 44.9 Å². The third-order valence-electron chi connectivity index (χ3n) is 5.49. The molecular formula is C15H26F2N2O3S. The van der Waals surface area contributed by atoms with Crippen LogP contribution in [-0.2, 0) is 10.0 Å². The molecule has 2 aliphatic heterocycles. The summed E-state index contributed by atoms with van der Waals surface area (Å²) in [5.41, 5.74) is -1.11. The Morgan fingerprint density at radius 3 is 2.26 bits per heavy atom. The summed E-state index contributed by atoms with van der Waals surface area (Å²) >= 11 is 0. The molecule has 0 amide bonds. The first-order chi connectivity index (χ1) is 10.7. The van der Waals surface area contributed by atoms with Crippen LogP contribution in [-0.4, -0.2) is 72.2 Å². The van der Waals surface area contributed by atoms with Crippen molar-refractivity contribution in [3.63, 3.8) is 0 Å². The van der Waals surface area contributed by atoms with E-state index in [1.54, 1.807) is 0 Å². The fourth-order valence-corrected chi connectivity index (χ4v) is 6.13. The molecule has 0 aromatic carbocycles. The van der Waals surface area contributed by atoms with Gasteiger partial charge in [0.15, 0.2) is 0 Å². The first kappa shape index (κ1) is 17.5. The number of rotatable bonds is 4. The zero-order valence-corrected chi connectivity index (χ0v) is 14.2. The van der Waals surface area contributed by atoms with Crippen molar-refractivity contribution in [2.75, 3.05) is 32.7 Å². The quantitative estimate of drug-likeness (QED) is 0.831. The molecule has 23 heavy (non-hydrogen) atoms. The topological polar surface area (TPSA) is 60.9 Å². The Kier molecular flexibility index (Phi) is 4.72. The molecule has 0 radical (unpaired) electrons. The lowest BCUT2D eigenvalue weighted by atomic mass is 10.00. The highest BCUT2D eigenvalue weighted by atomic mass is 32.2. The van der Waals surface area contributed by atoms with E-state index in [2.05, 4.69) is 0 Å². The molecule has 3 fully saturated rings. The average Bonchev–Trinajstić information content (AvgIpc) is 3.12. The van der Waals surface area contributed by atoms with Crippen molar-refractivity contribution in [3.05, 3.63) is 0 Å². The van der Waals surface area contributed by atoms with Crippen LogP contribution in [0.15, 0.2) is 0 Å². The van der Waals surface area contributed by atoms with Gasteiger partial charge in [0.2, 0.25) is 10.0 Å². The van der Waals surface area contributed by atoms with Crippen molar-refractivity contribution >= 4 is 10.0 Å². The van der Waals surface area contributed by atoms with E-state index in [0.29, 0.717) is 25.8 Å². The van der Waals surface area contributed by atoms with Crippen molar-refractivity contribution in [2.24, 2.45) is 0 Å². The van der Waals surface area contributed by atoms with Gasteiger partial charge in [-0.1, -0.05) is 12.8 Å². The largest absolute Gasteiger partial charge is 0.387 e. The second kappa shape index (κ2) is 6.20. The summed E-state index contributed by atoms with van der Waals surface area (Å²) in [4.78, 5) is 1.84. The minimum Gasteiger partial charge on any atom is -0.387 e. The van der Waals surface area contributed by atoms with Crippen LogP contribution >= 0.6 is 0 Å². The fraction of sp³-hybridized carbons (Fsp3) is 1.00. The van der Waals surface area contributed by atoms with Crippen molar-refractivity contribution in [3.8, 4) is 0 Å². The highest BCUT2D eigenvalue weighted by Crippen LogP contribution is 2.33. The molecule has 1 atom stereocenters. The van der Waals surface area contributed by atoms with Gasteiger partial charge in [-0.15, -0.1) is 0 Å². The average molecular weight is 352 g/mol. The predicted octanol–water partition coefficient (Wildman–Crippen LogP) is 1.43. The monoisotopic (exact) mass is 352 g/mol. The van der Waals surface area contributed by atoms with Crippen molar-refractivity contribution < 1.29 is 22.3 Å². The van der Waals surface area contributed by atoms with Crippen molar-refractivity contribution in [1.82, 2.24) is 9.21 Å². The van der Waals surface area contributed by atoms with E-state index >= 15 is 0 Å². The predicted molar refractivity (Wildman–Crippen MR) is 82.9 cm³/mol. The summed E-state index contributed by atoms with van der Waals surface area (Å²) < 4.78 is 53.0. The summed E-state index contributed by atoms with van der Waals surface area (Å²) in [6.07, 6.45) is 3.32. The van der Waals surface area contributed by atoms with E-state index in [4.69, 9.17) is 0 Å². The minimum absolute atomic E-state index is 0.0960. The van der Waals surface area contributed by atoms with E-state index in [1.165, 1.54) is 4.31 Å². The molecule has 1 aliphatic carbocycles. The SMILES string of the molecule is O=S(=O)(C1CCCC1)N1CCC(O)(CN2CCC(F)(F)CC2)C1. The molecule has 2 saturated heterocycles. The molecule has 3 rings (SSSR count). The van der Waals surface area contributed by atoms with Crippen molar-refractivity contribution in [1.29, 1.82) is 0 Å². The molecule has 0 aromatic heterocycles. The lowest BCUT2D eigenvalue weighted by molar-refractivity contribution is -0.0716. The molecule has 8 heteroatoms. The second-order valence-electron chi connectivity index (χ2n) is 7.39. The van der Waals surface area contributed by atoms with Gasteiger partial charge < -0.3 is 5.11 Å². The Balaban J connectivity index is 1.58. The highest BCUT2D eigenvalue weighted by Gasteiger charge is 2.46. The number of piperidine rings is 1. The Morgan fingerprint density at radius 2 is 1.65 bits per heavy atom. The molecule has 1 saturated carbocycles. The Labute approximate surface area is 136 Å². The van der Waals surface area contributed by atoms with Gasteiger partial charge in [0.25, 0.3) is 5.92 Å². The molecule has 0 bridgehead atoms. The third kappa shape index (κ3) is 3.86. The number of alkyl halides is 2. The molecule has 1 unspecified atom stereocenters. The number of halogens is 2. The molecule has 134 valence electrons. The van der Waals surface area contributed by atoms with E-state index in [-0.39, 0.29) is 44.3 Å². The van der Waals surface area contributed by atoms with Gasteiger partial charge in [-0.25, -0.2) is 17.2 Å². The van der Waals surface area contributed by atoms with Gasteiger partial charge in [0.1, 0.15) is 0 Å². The first-order valence-electron chi connectivity index (χ1n) is 8.52. The molecule has 2 heterocycles. The molecule has 0 spiro atoms. The van der Waals surface area contributed by atoms with E-state index in [9.17, 15) is 22.3 Å². The number of sulfonamides is 1. The molecule has 1 N–H and O–H groups in total. The minimum atomic E-state index is -3.33. The lowest BCUT2D eigenvalue weighted by Crippen LogP contribution is -2.50. The molecular weight excluding hydrogens is 326 g/mol. The summed E-state index contributed by atoms with van der Waals surface area (Å²) in [6.45, 7) is 1.22. The van der Waals surface area contributed by atoms with Gasteiger partial charge in [-0.05, 0) is 19.3 Å². The number of hydrogen-bond donors (Lipinski definition) is 1. The standard InChI is InChI=1S/C15H26F2N2O3S/c16-15(17)6-8-18(9-7-15)11-14(20)5-10-19(12-14)23(21,22)13-3-1-2-4-13/h13,20H,1-12H2. The van der Waals surface area contributed by atoms with Crippen LogP contribution in [0.5, 0.6) is 0 Å². The van der Waals surface area contributed by atoms with Gasteiger partial charge >= 0.3 is 0 Å². The van der Waals surface area contributed by atoms with Gasteiger partial charge in [0, 0.05) is 45.6 Å². The van der Waals surface area contributed by atoms with Crippen LogP contribution in [0.25, 0.3) is 0 Å². The molecule has 3 aliphatic rings. The summed E-state index contributed by atoms with van der Waals surface area (Å²) in [7, 11) is -3.33. The Bertz CT molecular complexity index is 527. The summed E-state index contributed by atoms with van der Waals surface area (Å²) in [5, 5.41) is 10.4. The van der Waals surface area contributed by atoms with E-state index < -0.39 is 21.5 Å². The summed E-state index contributed by atoms with van der Waals surface area (Å²) in [5.74, 6) is -2.60. The zero-order valence-electron chi connectivity index (χ0n) is 13.4. The van der Waals surface area contributed by atoms with Crippen LogP contribution < -0.4 is 0 Å². The number of aliphatic hydroxyl groups is 1. The van der Waals surface area contributed by atoms with Crippen LogP contribution in [0, 0.1) is 0 Å². The third-order valence-corrected chi connectivity index (χ3v) is 7.83. The number of hydrogen-bond acceptors (Lipinski definition) is 4. The Hall–Kier alpha value is -0.310. The normalized spacial score (nSPS) is 34.2. The zero-order chi connectivity index (χ0) is 16.7. The van der Waals surface area contributed by atoms with E-state index in [0.717, 1.165) is 12.8 Å². The van der Waals surface area contributed by atoms with Gasteiger partial charge in [0.05, 0.1) is 10.9 Å². The number of nitrogens with zero attached hydrogens (tertiary/aromatic N) is 2. The van der Waals surface area contributed by atoms with E-state index in [1.807, 2.05) is 4.90 Å². The molecule has 5 nitrogen and oxygen atoms in total. The van der Waals surface area contributed by atoms with Gasteiger partial charge in [-0.3, -0.25) is 4.90 Å². The first-order valence-corrected chi connectivity index (χ1v) is 10.0. The van der Waals surface area contributed by atoms with Gasteiger partial charge in [-0.2, -0.15) is 4.31 Å². The smallest absolute Gasteiger partial charge is 0.250 e. The van der Waals surface area contributed by atoms with Crippen LogP contribution in [0.2, 0.25) is 0 Å². The number of β-amino-alcohol motifs (C(OH)–C–C–N with tert-alkyl or cyclic N) is 1. The summed E-state index contributed by atoms with van der Waals surface area (Å²) in [6, 6.07) is 0. The highest BCUT2D eigenvalue weighted by molar-refractivity contribution is 7.89. The lowest BCUT2D eigenvalue weighted by Gasteiger charge is -2.36. The maximum absolute atomic E-state index is 13.2. The second-order valence-corrected chi connectivity index (χ2v) is 9.60. The van der Waals surface area contributed by atoms with Crippen molar-refractivity contribution in [2.45, 2.75) is 61.7 Å². The Morgan fingerprint density at radius 1 is 1.04 bits per heavy atom.